The number of rotatable bonds is 8. The second-order valence-electron chi connectivity index (χ2n) is 4.16. The molecule has 0 unspecified atom stereocenters. The van der Waals surface area contributed by atoms with Gasteiger partial charge in [0.25, 0.3) is 0 Å². The first-order valence-electron chi connectivity index (χ1n) is 6.54. The van der Waals surface area contributed by atoms with Crippen LogP contribution >= 0.6 is 0 Å². The van der Waals surface area contributed by atoms with E-state index in [4.69, 9.17) is 4.74 Å². The number of esters is 1. The van der Waals surface area contributed by atoms with Gasteiger partial charge >= 0.3 is 5.97 Å². The van der Waals surface area contributed by atoms with Crippen LogP contribution in [0.4, 0.5) is 5.95 Å². The van der Waals surface area contributed by atoms with Crippen molar-refractivity contribution in [3.63, 3.8) is 0 Å². The standard InChI is InChI=1S/C13H20N4O3/c1-3-20-12(19)6-4-7-14-11(18)10-17(2)13-15-8-5-9-16-13/h5,8-9H,3-4,6-7,10H2,1-2H3,(H,14,18). The number of hydrogen-bond acceptors (Lipinski definition) is 6. The van der Waals surface area contributed by atoms with Crippen molar-refractivity contribution in [2.24, 2.45) is 0 Å². The molecule has 0 aliphatic heterocycles. The Hall–Kier alpha value is -2.18. The molecule has 7 heteroatoms. The molecule has 0 saturated carbocycles. The average molecular weight is 280 g/mol. The summed E-state index contributed by atoms with van der Waals surface area (Å²) in [7, 11) is 1.74. The topological polar surface area (TPSA) is 84.4 Å². The normalized spacial score (nSPS) is 9.90. The highest BCUT2D eigenvalue weighted by atomic mass is 16.5. The Kier molecular flexibility index (Phi) is 7.02. The van der Waals surface area contributed by atoms with Crippen LogP contribution in [-0.2, 0) is 14.3 Å². The monoisotopic (exact) mass is 280 g/mol. The van der Waals surface area contributed by atoms with Crippen molar-refractivity contribution < 1.29 is 14.3 Å². The van der Waals surface area contributed by atoms with Crippen molar-refractivity contribution in [3.05, 3.63) is 18.5 Å². The largest absolute Gasteiger partial charge is 0.466 e. The Morgan fingerprint density at radius 2 is 2.05 bits per heavy atom. The van der Waals surface area contributed by atoms with E-state index < -0.39 is 0 Å². The van der Waals surface area contributed by atoms with Gasteiger partial charge in [-0.15, -0.1) is 0 Å². The first-order valence-corrected chi connectivity index (χ1v) is 6.54. The number of carbonyl (C=O) groups excluding carboxylic acids is 2. The molecule has 0 saturated heterocycles. The molecule has 1 rings (SSSR count). The lowest BCUT2D eigenvalue weighted by Gasteiger charge is -2.15. The molecule has 1 heterocycles. The molecule has 1 aromatic heterocycles. The van der Waals surface area contributed by atoms with Crippen molar-refractivity contribution in [2.75, 3.05) is 31.6 Å². The molecule has 20 heavy (non-hydrogen) atoms. The number of ether oxygens (including phenoxy) is 1. The summed E-state index contributed by atoms with van der Waals surface area (Å²) >= 11 is 0. The third kappa shape index (κ3) is 6.12. The molecule has 0 aliphatic rings. The van der Waals surface area contributed by atoms with E-state index in [0.29, 0.717) is 31.9 Å². The fourth-order valence-electron chi connectivity index (χ4n) is 1.52. The molecule has 0 fully saturated rings. The van der Waals surface area contributed by atoms with Crippen LogP contribution in [0.2, 0.25) is 0 Å². The minimum absolute atomic E-state index is 0.135. The van der Waals surface area contributed by atoms with Gasteiger partial charge in [0.2, 0.25) is 11.9 Å². The summed E-state index contributed by atoms with van der Waals surface area (Å²) in [6, 6.07) is 1.72. The van der Waals surface area contributed by atoms with E-state index >= 15 is 0 Å². The van der Waals surface area contributed by atoms with E-state index in [1.165, 1.54) is 0 Å². The van der Waals surface area contributed by atoms with Crippen LogP contribution in [0.3, 0.4) is 0 Å². The minimum atomic E-state index is -0.239. The maximum absolute atomic E-state index is 11.7. The molecular weight excluding hydrogens is 260 g/mol. The molecule has 1 aromatic rings. The molecule has 110 valence electrons. The predicted octanol–water partition coefficient (Wildman–Crippen LogP) is 0.372. The Morgan fingerprint density at radius 3 is 2.70 bits per heavy atom. The van der Waals surface area contributed by atoms with Gasteiger partial charge in [0.05, 0.1) is 13.2 Å². The van der Waals surface area contributed by atoms with Crippen LogP contribution in [0.5, 0.6) is 0 Å². The highest BCUT2D eigenvalue weighted by Gasteiger charge is 2.09. The van der Waals surface area contributed by atoms with Gasteiger partial charge in [0.1, 0.15) is 0 Å². The number of amides is 1. The maximum Gasteiger partial charge on any atom is 0.305 e. The first kappa shape index (κ1) is 15.9. The molecule has 0 spiro atoms. The number of likely N-dealkylation sites (N-methyl/N-ethyl adjacent to an activating group) is 1. The lowest BCUT2D eigenvalue weighted by atomic mass is 10.3. The van der Waals surface area contributed by atoms with Crippen LogP contribution in [0.25, 0.3) is 0 Å². The number of aromatic nitrogens is 2. The van der Waals surface area contributed by atoms with Gasteiger partial charge in [-0.3, -0.25) is 9.59 Å². The second kappa shape index (κ2) is 8.84. The Balaban J connectivity index is 2.19. The number of nitrogens with one attached hydrogen (secondary N) is 1. The third-order valence-electron chi connectivity index (χ3n) is 2.46. The zero-order valence-corrected chi connectivity index (χ0v) is 11.8. The summed E-state index contributed by atoms with van der Waals surface area (Å²) in [6.45, 7) is 2.76. The molecule has 1 N–H and O–H groups in total. The second-order valence-corrected chi connectivity index (χ2v) is 4.16. The van der Waals surface area contributed by atoms with Gasteiger partial charge in [0.15, 0.2) is 0 Å². The fourth-order valence-corrected chi connectivity index (χ4v) is 1.52. The van der Waals surface area contributed by atoms with Crippen LogP contribution in [0, 0.1) is 0 Å². The van der Waals surface area contributed by atoms with Crippen LogP contribution in [0.15, 0.2) is 18.5 Å². The number of hydrogen-bond donors (Lipinski definition) is 1. The van der Waals surface area contributed by atoms with Gasteiger partial charge in [-0.25, -0.2) is 9.97 Å². The van der Waals surface area contributed by atoms with E-state index in [2.05, 4.69) is 15.3 Å². The molecule has 0 aliphatic carbocycles. The summed E-state index contributed by atoms with van der Waals surface area (Å²) in [6.07, 6.45) is 4.12. The molecular formula is C13H20N4O3. The zero-order valence-electron chi connectivity index (χ0n) is 11.8. The lowest BCUT2D eigenvalue weighted by Crippen LogP contribution is -2.36. The van der Waals surface area contributed by atoms with Crippen molar-refractivity contribution in [1.29, 1.82) is 0 Å². The summed E-state index contributed by atoms with van der Waals surface area (Å²) in [4.78, 5) is 32.5. The molecule has 7 nitrogen and oxygen atoms in total. The van der Waals surface area contributed by atoms with Gasteiger partial charge < -0.3 is 15.0 Å². The Bertz CT molecular complexity index is 425. The van der Waals surface area contributed by atoms with E-state index in [9.17, 15) is 9.59 Å². The highest BCUT2D eigenvalue weighted by Crippen LogP contribution is 2.00. The number of anilines is 1. The fraction of sp³-hybridized carbons (Fsp3) is 0.538. The van der Waals surface area contributed by atoms with Gasteiger partial charge in [0, 0.05) is 32.4 Å². The molecule has 0 atom stereocenters. The van der Waals surface area contributed by atoms with Crippen molar-refractivity contribution in [3.8, 4) is 0 Å². The first-order chi connectivity index (χ1) is 9.63. The Morgan fingerprint density at radius 1 is 1.35 bits per heavy atom. The third-order valence-corrected chi connectivity index (χ3v) is 2.46. The van der Waals surface area contributed by atoms with E-state index in [-0.39, 0.29) is 18.4 Å². The number of nitrogens with zero attached hydrogens (tertiary/aromatic N) is 3. The SMILES string of the molecule is CCOC(=O)CCCNC(=O)CN(C)c1ncccn1. The van der Waals surface area contributed by atoms with Crippen LogP contribution < -0.4 is 10.2 Å². The lowest BCUT2D eigenvalue weighted by molar-refractivity contribution is -0.143. The summed E-state index contributed by atoms with van der Waals surface area (Å²) in [5.74, 6) is 0.120. The van der Waals surface area contributed by atoms with E-state index in [1.807, 2.05) is 0 Å². The van der Waals surface area contributed by atoms with Crippen LogP contribution in [0.1, 0.15) is 19.8 Å². The minimum Gasteiger partial charge on any atom is -0.466 e. The summed E-state index contributed by atoms with van der Waals surface area (Å²) < 4.78 is 4.79. The van der Waals surface area contributed by atoms with Gasteiger partial charge in [-0.2, -0.15) is 0 Å². The predicted molar refractivity (Wildman–Crippen MR) is 74.2 cm³/mol. The highest BCUT2D eigenvalue weighted by molar-refractivity contribution is 5.80. The van der Waals surface area contributed by atoms with Gasteiger partial charge in [-0.05, 0) is 19.4 Å². The maximum atomic E-state index is 11.7. The molecule has 0 aromatic carbocycles. The summed E-state index contributed by atoms with van der Waals surface area (Å²) in [5.41, 5.74) is 0. The zero-order chi connectivity index (χ0) is 14.8. The number of carbonyl (C=O) groups is 2. The molecule has 0 radical (unpaired) electrons. The van der Waals surface area contributed by atoms with Crippen molar-refractivity contribution in [1.82, 2.24) is 15.3 Å². The summed E-state index contributed by atoms with van der Waals surface area (Å²) in [5, 5.41) is 2.74. The molecule has 0 bridgehead atoms. The average Bonchev–Trinajstić information content (AvgIpc) is 2.45. The van der Waals surface area contributed by atoms with Crippen molar-refractivity contribution >= 4 is 17.8 Å². The molecule has 1 amide bonds. The van der Waals surface area contributed by atoms with E-state index in [0.717, 1.165) is 0 Å². The van der Waals surface area contributed by atoms with Gasteiger partial charge in [-0.1, -0.05) is 0 Å². The van der Waals surface area contributed by atoms with E-state index in [1.54, 1.807) is 37.3 Å². The Labute approximate surface area is 118 Å². The smallest absolute Gasteiger partial charge is 0.305 e. The van der Waals surface area contributed by atoms with Crippen molar-refractivity contribution in [2.45, 2.75) is 19.8 Å². The van der Waals surface area contributed by atoms with Crippen LogP contribution in [-0.4, -0.2) is 48.6 Å². The quantitative estimate of drug-likeness (QED) is 0.547.